The molecule has 4 aliphatic carbocycles. The zero-order valence-corrected chi connectivity index (χ0v) is 15.7. The fourth-order valence-corrected chi connectivity index (χ4v) is 5.99. The SMILES string of the molecule is CC(C)NCC(O)COc1ccc(C23CC4CC(CC(C4)C2)C3)cc1. The van der Waals surface area contributed by atoms with Gasteiger partial charge in [-0.3, -0.25) is 0 Å². The molecule has 138 valence electrons. The van der Waals surface area contributed by atoms with Gasteiger partial charge in [-0.1, -0.05) is 26.0 Å². The van der Waals surface area contributed by atoms with Crippen molar-refractivity contribution >= 4 is 0 Å². The fraction of sp³-hybridized carbons (Fsp3) is 0.727. The van der Waals surface area contributed by atoms with Gasteiger partial charge in [-0.2, -0.15) is 0 Å². The predicted octanol–water partition coefficient (Wildman–Crippen LogP) is 3.89. The smallest absolute Gasteiger partial charge is 0.119 e. The van der Waals surface area contributed by atoms with E-state index in [9.17, 15) is 5.11 Å². The Morgan fingerprint density at radius 3 is 2.12 bits per heavy atom. The van der Waals surface area contributed by atoms with Crippen LogP contribution in [-0.4, -0.2) is 30.4 Å². The van der Waals surface area contributed by atoms with Gasteiger partial charge in [-0.15, -0.1) is 0 Å². The highest BCUT2D eigenvalue weighted by atomic mass is 16.5. The second-order valence-electron chi connectivity index (χ2n) is 9.25. The number of aliphatic hydroxyl groups excluding tert-OH is 1. The number of rotatable bonds is 7. The van der Waals surface area contributed by atoms with Crippen LogP contribution in [0.4, 0.5) is 0 Å². The van der Waals surface area contributed by atoms with Gasteiger partial charge < -0.3 is 15.2 Å². The first-order valence-corrected chi connectivity index (χ1v) is 10.2. The van der Waals surface area contributed by atoms with E-state index >= 15 is 0 Å². The molecule has 2 N–H and O–H groups in total. The topological polar surface area (TPSA) is 41.5 Å². The van der Waals surface area contributed by atoms with Crippen LogP contribution in [0.3, 0.4) is 0 Å². The van der Waals surface area contributed by atoms with Crippen LogP contribution in [0.5, 0.6) is 5.75 Å². The van der Waals surface area contributed by atoms with Crippen molar-refractivity contribution in [3.8, 4) is 5.75 Å². The van der Waals surface area contributed by atoms with E-state index in [-0.39, 0.29) is 0 Å². The van der Waals surface area contributed by atoms with Crippen molar-refractivity contribution in [2.75, 3.05) is 13.2 Å². The molecule has 1 aromatic carbocycles. The van der Waals surface area contributed by atoms with Gasteiger partial charge >= 0.3 is 0 Å². The summed E-state index contributed by atoms with van der Waals surface area (Å²) in [4.78, 5) is 0. The molecule has 3 heteroatoms. The van der Waals surface area contributed by atoms with Crippen molar-refractivity contribution in [1.29, 1.82) is 0 Å². The Morgan fingerprint density at radius 1 is 1.04 bits per heavy atom. The summed E-state index contributed by atoms with van der Waals surface area (Å²) < 4.78 is 5.78. The Labute approximate surface area is 152 Å². The van der Waals surface area contributed by atoms with Crippen molar-refractivity contribution in [3.63, 3.8) is 0 Å². The Kier molecular flexibility index (Phi) is 4.81. The van der Waals surface area contributed by atoms with E-state index in [1.807, 2.05) is 0 Å². The molecule has 4 aliphatic rings. The highest BCUT2D eigenvalue weighted by molar-refractivity contribution is 5.34. The van der Waals surface area contributed by atoms with E-state index in [4.69, 9.17) is 4.74 Å². The summed E-state index contributed by atoms with van der Waals surface area (Å²) in [6.07, 6.45) is 8.20. The van der Waals surface area contributed by atoms with Gasteiger partial charge in [0.2, 0.25) is 0 Å². The number of hydrogen-bond donors (Lipinski definition) is 2. The van der Waals surface area contributed by atoms with Gasteiger partial charge in [-0.05, 0) is 79.4 Å². The molecule has 0 radical (unpaired) electrons. The number of benzene rings is 1. The summed E-state index contributed by atoms with van der Waals surface area (Å²) in [6.45, 7) is 5.08. The zero-order chi connectivity index (χ0) is 17.4. The molecule has 4 saturated carbocycles. The number of ether oxygens (including phenoxy) is 1. The normalized spacial score (nSPS) is 34.5. The summed E-state index contributed by atoms with van der Waals surface area (Å²) in [5.41, 5.74) is 1.98. The van der Waals surface area contributed by atoms with E-state index in [2.05, 4.69) is 43.4 Å². The van der Waals surface area contributed by atoms with Gasteiger partial charge in [0.15, 0.2) is 0 Å². The highest BCUT2D eigenvalue weighted by Crippen LogP contribution is 2.60. The molecule has 3 nitrogen and oxygen atoms in total. The summed E-state index contributed by atoms with van der Waals surface area (Å²) in [5.74, 6) is 3.81. The van der Waals surface area contributed by atoms with Crippen LogP contribution in [0, 0.1) is 17.8 Å². The molecule has 0 aromatic heterocycles. The maximum absolute atomic E-state index is 9.98. The van der Waals surface area contributed by atoms with Crippen LogP contribution in [0.25, 0.3) is 0 Å². The van der Waals surface area contributed by atoms with Crippen LogP contribution in [0.15, 0.2) is 24.3 Å². The lowest BCUT2D eigenvalue weighted by molar-refractivity contribution is -0.00521. The van der Waals surface area contributed by atoms with Gasteiger partial charge in [0.1, 0.15) is 18.5 Å². The molecule has 1 unspecified atom stereocenters. The van der Waals surface area contributed by atoms with Gasteiger partial charge in [0, 0.05) is 12.6 Å². The molecule has 0 amide bonds. The van der Waals surface area contributed by atoms with E-state index in [1.165, 1.54) is 44.1 Å². The molecule has 4 bridgehead atoms. The molecule has 1 aromatic rings. The largest absolute Gasteiger partial charge is 0.491 e. The Balaban J connectivity index is 1.36. The van der Waals surface area contributed by atoms with Crippen LogP contribution >= 0.6 is 0 Å². The summed E-state index contributed by atoms with van der Waals surface area (Å²) in [7, 11) is 0. The molecule has 1 atom stereocenters. The Morgan fingerprint density at radius 2 is 1.60 bits per heavy atom. The fourth-order valence-electron chi connectivity index (χ4n) is 5.99. The van der Waals surface area contributed by atoms with Crippen molar-refractivity contribution in [2.45, 2.75) is 69.9 Å². The van der Waals surface area contributed by atoms with E-state index < -0.39 is 6.10 Å². The Hall–Kier alpha value is -1.06. The average molecular weight is 344 g/mol. The second kappa shape index (κ2) is 6.92. The minimum Gasteiger partial charge on any atom is -0.491 e. The molecule has 0 saturated heterocycles. The zero-order valence-electron chi connectivity index (χ0n) is 15.7. The standard InChI is InChI=1S/C22H33NO2/c1-15(2)23-13-20(24)14-25-21-5-3-19(4-6-21)22-10-16-7-17(11-22)9-18(8-16)12-22/h3-6,15-18,20,23-24H,7-14H2,1-2H3. The van der Waals surface area contributed by atoms with Crippen molar-refractivity contribution in [1.82, 2.24) is 5.32 Å². The summed E-state index contributed by atoms with van der Waals surface area (Å²) in [5, 5.41) is 13.2. The minimum absolute atomic E-state index is 0.344. The van der Waals surface area contributed by atoms with Gasteiger partial charge in [0.05, 0.1) is 0 Å². The lowest BCUT2D eigenvalue weighted by atomic mass is 9.48. The van der Waals surface area contributed by atoms with E-state index in [1.54, 1.807) is 0 Å². The first-order chi connectivity index (χ1) is 12.0. The third-order valence-electron chi connectivity index (χ3n) is 6.71. The summed E-state index contributed by atoms with van der Waals surface area (Å²) in [6, 6.07) is 9.18. The number of hydrogen-bond acceptors (Lipinski definition) is 3. The van der Waals surface area contributed by atoms with Crippen LogP contribution < -0.4 is 10.1 Å². The average Bonchev–Trinajstić information content (AvgIpc) is 2.57. The van der Waals surface area contributed by atoms with Crippen molar-refractivity contribution in [2.24, 2.45) is 17.8 Å². The molecule has 0 spiro atoms. The number of aliphatic hydroxyl groups is 1. The summed E-state index contributed by atoms with van der Waals surface area (Å²) >= 11 is 0. The minimum atomic E-state index is -0.467. The molecular formula is C22H33NO2. The van der Waals surface area contributed by atoms with Crippen LogP contribution in [-0.2, 0) is 5.41 Å². The first-order valence-electron chi connectivity index (χ1n) is 10.2. The molecule has 5 rings (SSSR count). The van der Waals surface area contributed by atoms with Gasteiger partial charge in [0.25, 0.3) is 0 Å². The molecule has 0 aliphatic heterocycles. The quantitative estimate of drug-likeness (QED) is 0.789. The second-order valence-corrected chi connectivity index (χ2v) is 9.25. The molecule has 4 fully saturated rings. The maximum Gasteiger partial charge on any atom is 0.119 e. The maximum atomic E-state index is 9.98. The monoisotopic (exact) mass is 343 g/mol. The molecular weight excluding hydrogens is 310 g/mol. The lowest BCUT2D eigenvalue weighted by Crippen LogP contribution is -2.48. The van der Waals surface area contributed by atoms with Crippen LogP contribution in [0.2, 0.25) is 0 Å². The molecule has 25 heavy (non-hydrogen) atoms. The van der Waals surface area contributed by atoms with E-state index in [0.29, 0.717) is 24.6 Å². The van der Waals surface area contributed by atoms with Crippen molar-refractivity contribution < 1.29 is 9.84 Å². The lowest BCUT2D eigenvalue weighted by Gasteiger charge is -2.57. The third kappa shape index (κ3) is 3.73. The number of nitrogens with one attached hydrogen (secondary N) is 1. The molecule has 0 heterocycles. The predicted molar refractivity (Wildman–Crippen MR) is 101 cm³/mol. The van der Waals surface area contributed by atoms with Crippen LogP contribution in [0.1, 0.15) is 57.9 Å². The highest BCUT2D eigenvalue weighted by Gasteiger charge is 2.51. The van der Waals surface area contributed by atoms with Gasteiger partial charge in [-0.25, -0.2) is 0 Å². The van der Waals surface area contributed by atoms with E-state index in [0.717, 1.165) is 23.5 Å². The van der Waals surface area contributed by atoms with Crippen molar-refractivity contribution in [3.05, 3.63) is 29.8 Å². The first kappa shape index (κ1) is 17.4. The third-order valence-corrected chi connectivity index (χ3v) is 6.71. The Bertz CT molecular complexity index is 545.